The SMILES string of the molecule is COc1cccc2c1[C@H](c1ccccc1)NCC2.Cl. The fourth-order valence-corrected chi connectivity index (χ4v) is 2.70. The summed E-state index contributed by atoms with van der Waals surface area (Å²) in [5.74, 6) is 0.980. The van der Waals surface area contributed by atoms with Gasteiger partial charge in [-0.05, 0) is 23.6 Å². The molecule has 0 fully saturated rings. The zero-order chi connectivity index (χ0) is 12.4. The van der Waals surface area contributed by atoms with Gasteiger partial charge in [-0.3, -0.25) is 0 Å². The maximum Gasteiger partial charge on any atom is 0.124 e. The third-order valence-electron chi connectivity index (χ3n) is 3.54. The van der Waals surface area contributed by atoms with E-state index in [0.717, 1.165) is 18.7 Å². The molecule has 0 amide bonds. The van der Waals surface area contributed by atoms with E-state index in [2.05, 4.69) is 47.8 Å². The molecule has 2 nitrogen and oxygen atoms in total. The number of nitrogens with one attached hydrogen (secondary N) is 1. The van der Waals surface area contributed by atoms with Gasteiger partial charge in [-0.15, -0.1) is 12.4 Å². The largest absolute Gasteiger partial charge is 0.496 e. The van der Waals surface area contributed by atoms with Gasteiger partial charge in [-0.25, -0.2) is 0 Å². The van der Waals surface area contributed by atoms with Crippen LogP contribution in [0.4, 0.5) is 0 Å². The number of hydrogen-bond acceptors (Lipinski definition) is 2. The lowest BCUT2D eigenvalue weighted by Crippen LogP contribution is -2.30. The molecule has 0 saturated heterocycles. The Balaban J connectivity index is 0.00000133. The fraction of sp³-hybridized carbons (Fsp3) is 0.250. The summed E-state index contributed by atoms with van der Waals surface area (Å²) < 4.78 is 5.52. The van der Waals surface area contributed by atoms with E-state index in [1.165, 1.54) is 16.7 Å². The van der Waals surface area contributed by atoms with E-state index in [1.54, 1.807) is 7.11 Å². The highest BCUT2D eigenvalue weighted by Crippen LogP contribution is 2.35. The van der Waals surface area contributed by atoms with Gasteiger partial charge in [0.2, 0.25) is 0 Å². The van der Waals surface area contributed by atoms with E-state index < -0.39 is 0 Å². The molecule has 1 aliphatic heterocycles. The maximum atomic E-state index is 5.52. The fourth-order valence-electron chi connectivity index (χ4n) is 2.70. The Labute approximate surface area is 120 Å². The number of halogens is 1. The first-order valence-electron chi connectivity index (χ1n) is 6.34. The van der Waals surface area contributed by atoms with Crippen LogP contribution in [-0.2, 0) is 6.42 Å². The van der Waals surface area contributed by atoms with Crippen molar-refractivity contribution in [3.8, 4) is 5.75 Å². The molecule has 0 radical (unpaired) electrons. The quantitative estimate of drug-likeness (QED) is 0.908. The number of fused-ring (bicyclic) bond motifs is 1. The topological polar surface area (TPSA) is 21.3 Å². The molecule has 2 aromatic carbocycles. The molecule has 1 atom stereocenters. The highest BCUT2D eigenvalue weighted by Gasteiger charge is 2.24. The highest BCUT2D eigenvalue weighted by atomic mass is 35.5. The van der Waals surface area contributed by atoms with Crippen LogP contribution in [0.5, 0.6) is 5.75 Å². The van der Waals surface area contributed by atoms with Crippen molar-refractivity contribution in [1.82, 2.24) is 5.32 Å². The second-order valence-corrected chi connectivity index (χ2v) is 4.58. The molecule has 1 heterocycles. The molecule has 1 N–H and O–H groups in total. The number of methoxy groups -OCH3 is 1. The molecule has 3 rings (SSSR count). The van der Waals surface area contributed by atoms with Crippen molar-refractivity contribution < 1.29 is 4.74 Å². The third-order valence-corrected chi connectivity index (χ3v) is 3.54. The van der Waals surface area contributed by atoms with Crippen LogP contribution in [0.2, 0.25) is 0 Å². The molecule has 1 aliphatic rings. The van der Waals surface area contributed by atoms with Gasteiger partial charge in [0.1, 0.15) is 5.75 Å². The Kier molecular flexibility index (Phi) is 4.46. The monoisotopic (exact) mass is 275 g/mol. The molecule has 0 aromatic heterocycles. The molecule has 100 valence electrons. The average Bonchev–Trinajstić information content (AvgIpc) is 2.47. The van der Waals surface area contributed by atoms with Crippen LogP contribution in [0, 0.1) is 0 Å². The van der Waals surface area contributed by atoms with E-state index >= 15 is 0 Å². The van der Waals surface area contributed by atoms with E-state index in [9.17, 15) is 0 Å². The van der Waals surface area contributed by atoms with E-state index in [-0.39, 0.29) is 18.4 Å². The van der Waals surface area contributed by atoms with Gasteiger partial charge in [-0.1, -0.05) is 42.5 Å². The van der Waals surface area contributed by atoms with Gasteiger partial charge in [0.25, 0.3) is 0 Å². The van der Waals surface area contributed by atoms with Gasteiger partial charge < -0.3 is 10.1 Å². The summed E-state index contributed by atoms with van der Waals surface area (Å²) in [6, 6.07) is 17.1. The Morgan fingerprint density at radius 3 is 2.58 bits per heavy atom. The van der Waals surface area contributed by atoms with Gasteiger partial charge in [-0.2, -0.15) is 0 Å². The van der Waals surface area contributed by atoms with Crippen molar-refractivity contribution in [3.63, 3.8) is 0 Å². The lowest BCUT2D eigenvalue weighted by atomic mass is 9.89. The predicted molar refractivity (Wildman–Crippen MR) is 80.2 cm³/mol. The zero-order valence-corrected chi connectivity index (χ0v) is 11.7. The minimum atomic E-state index is 0. The van der Waals surface area contributed by atoms with Crippen LogP contribution >= 0.6 is 12.4 Å². The van der Waals surface area contributed by atoms with Crippen molar-refractivity contribution in [2.24, 2.45) is 0 Å². The van der Waals surface area contributed by atoms with Crippen molar-refractivity contribution in [2.75, 3.05) is 13.7 Å². The van der Waals surface area contributed by atoms with Crippen LogP contribution in [0.25, 0.3) is 0 Å². The van der Waals surface area contributed by atoms with Gasteiger partial charge >= 0.3 is 0 Å². The number of hydrogen-bond donors (Lipinski definition) is 1. The summed E-state index contributed by atoms with van der Waals surface area (Å²) in [6.07, 6.45) is 1.07. The molecule has 3 heteroatoms. The van der Waals surface area contributed by atoms with Crippen LogP contribution < -0.4 is 10.1 Å². The zero-order valence-electron chi connectivity index (χ0n) is 10.9. The summed E-state index contributed by atoms with van der Waals surface area (Å²) in [5.41, 5.74) is 3.97. The van der Waals surface area contributed by atoms with E-state index in [0.29, 0.717) is 0 Å². The molecule has 19 heavy (non-hydrogen) atoms. The Morgan fingerprint density at radius 2 is 1.84 bits per heavy atom. The predicted octanol–water partition coefficient (Wildman–Crippen LogP) is 3.35. The minimum absolute atomic E-state index is 0. The summed E-state index contributed by atoms with van der Waals surface area (Å²) in [4.78, 5) is 0. The maximum absolute atomic E-state index is 5.52. The van der Waals surface area contributed by atoms with Crippen LogP contribution in [0.1, 0.15) is 22.7 Å². The van der Waals surface area contributed by atoms with Crippen LogP contribution in [0.3, 0.4) is 0 Å². The first-order valence-corrected chi connectivity index (χ1v) is 6.34. The molecular weight excluding hydrogens is 258 g/mol. The van der Waals surface area contributed by atoms with Gasteiger partial charge in [0, 0.05) is 12.1 Å². The van der Waals surface area contributed by atoms with Crippen molar-refractivity contribution in [1.29, 1.82) is 0 Å². The normalized spacial score (nSPS) is 17.2. The molecule has 0 aliphatic carbocycles. The lowest BCUT2D eigenvalue weighted by molar-refractivity contribution is 0.399. The molecule has 0 unspecified atom stereocenters. The molecule has 0 saturated carbocycles. The van der Waals surface area contributed by atoms with E-state index in [1.807, 2.05) is 6.07 Å². The number of benzene rings is 2. The van der Waals surface area contributed by atoms with Gasteiger partial charge in [0.15, 0.2) is 0 Å². The summed E-state index contributed by atoms with van der Waals surface area (Å²) in [7, 11) is 1.74. The number of rotatable bonds is 2. The Morgan fingerprint density at radius 1 is 1.05 bits per heavy atom. The number of ether oxygens (including phenoxy) is 1. The van der Waals surface area contributed by atoms with Crippen molar-refractivity contribution in [3.05, 3.63) is 65.2 Å². The smallest absolute Gasteiger partial charge is 0.124 e. The van der Waals surface area contributed by atoms with E-state index in [4.69, 9.17) is 4.74 Å². The van der Waals surface area contributed by atoms with Crippen molar-refractivity contribution >= 4 is 12.4 Å². The van der Waals surface area contributed by atoms with Crippen LogP contribution in [0.15, 0.2) is 48.5 Å². The lowest BCUT2D eigenvalue weighted by Gasteiger charge is -2.29. The second kappa shape index (κ2) is 6.09. The minimum Gasteiger partial charge on any atom is -0.496 e. The van der Waals surface area contributed by atoms with Crippen molar-refractivity contribution in [2.45, 2.75) is 12.5 Å². The molecule has 0 bridgehead atoms. The molecular formula is C16H18ClNO. The van der Waals surface area contributed by atoms with Gasteiger partial charge in [0.05, 0.1) is 13.2 Å². The molecule has 2 aromatic rings. The summed E-state index contributed by atoms with van der Waals surface area (Å²) in [6.45, 7) is 1.01. The highest BCUT2D eigenvalue weighted by molar-refractivity contribution is 5.85. The first-order chi connectivity index (χ1) is 8.90. The summed E-state index contributed by atoms with van der Waals surface area (Å²) in [5, 5.41) is 3.59. The second-order valence-electron chi connectivity index (χ2n) is 4.58. The molecule has 0 spiro atoms. The Hall–Kier alpha value is -1.51. The standard InChI is InChI=1S/C16H17NO.ClH/c1-18-14-9-5-8-12-10-11-17-16(15(12)14)13-6-3-2-4-7-13;/h2-9,16-17H,10-11H2,1H3;1H/t16-;/m0./s1. The first kappa shape index (κ1) is 13.9. The Bertz CT molecular complexity index is 527. The third kappa shape index (κ3) is 2.60. The average molecular weight is 276 g/mol. The van der Waals surface area contributed by atoms with Crippen LogP contribution in [-0.4, -0.2) is 13.7 Å². The summed E-state index contributed by atoms with van der Waals surface area (Å²) >= 11 is 0.